The Hall–Kier alpha value is -0.650. The third-order valence-electron chi connectivity index (χ3n) is 4.26. The molecule has 0 radical (unpaired) electrons. The summed E-state index contributed by atoms with van der Waals surface area (Å²) in [6.07, 6.45) is 2.59. The highest BCUT2D eigenvalue weighted by atomic mass is 32.1. The molecule has 120 valence electrons. The van der Waals surface area contributed by atoms with Crippen molar-refractivity contribution in [3.05, 3.63) is 10.6 Å². The number of hydrogen-bond acceptors (Lipinski definition) is 5. The number of likely N-dealkylation sites (tertiary alicyclic amines) is 1. The van der Waals surface area contributed by atoms with Gasteiger partial charge in [0.1, 0.15) is 0 Å². The molecular weight excluding hydrogens is 282 g/mol. The van der Waals surface area contributed by atoms with E-state index in [0.29, 0.717) is 6.04 Å². The van der Waals surface area contributed by atoms with Crippen molar-refractivity contribution in [1.82, 2.24) is 9.88 Å². The number of thiazole rings is 1. The van der Waals surface area contributed by atoms with Gasteiger partial charge in [-0.2, -0.15) is 0 Å². The fourth-order valence-corrected chi connectivity index (χ4v) is 4.21. The molecule has 1 aliphatic rings. The van der Waals surface area contributed by atoms with Crippen molar-refractivity contribution in [2.75, 3.05) is 31.6 Å². The van der Waals surface area contributed by atoms with E-state index >= 15 is 0 Å². The highest BCUT2D eigenvalue weighted by molar-refractivity contribution is 7.15. The molecule has 0 amide bonds. The molecule has 0 aromatic carbocycles. The first kappa shape index (κ1) is 16.7. The van der Waals surface area contributed by atoms with Crippen LogP contribution in [0.4, 0.5) is 5.13 Å². The predicted molar refractivity (Wildman–Crippen MR) is 90.3 cm³/mol. The summed E-state index contributed by atoms with van der Waals surface area (Å²) in [6.45, 7) is 12.2. The summed E-state index contributed by atoms with van der Waals surface area (Å²) in [5.74, 6) is 0. The number of aliphatic hydroxyl groups excluding tert-OH is 1. The summed E-state index contributed by atoms with van der Waals surface area (Å²) in [5.41, 5.74) is 1.02. The molecule has 1 atom stereocenters. The molecule has 0 aliphatic carbocycles. The van der Waals surface area contributed by atoms with Crippen molar-refractivity contribution in [3.8, 4) is 0 Å². The van der Waals surface area contributed by atoms with Gasteiger partial charge in [-0.05, 0) is 25.9 Å². The zero-order valence-corrected chi connectivity index (χ0v) is 14.8. The Morgan fingerprint density at radius 2 is 2.14 bits per heavy atom. The van der Waals surface area contributed by atoms with Crippen LogP contribution in [-0.4, -0.2) is 47.7 Å². The second-order valence-corrected chi connectivity index (χ2v) is 8.04. The van der Waals surface area contributed by atoms with Gasteiger partial charge in [0.2, 0.25) is 0 Å². The maximum atomic E-state index is 9.58. The number of likely N-dealkylation sites (N-methyl/N-ethyl adjacent to an activating group) is 2. The Labute approximate surface area is 132 Å². The zero-order valence-electron chi connectivity index (χ0n) is 14.0. The minimum atomic E-state index is -0.0174. The SMILES string of the molecule is CCN1CCCC1CN(C)c1nc(C(C)(C)C)c(CO)s1. The monoisotopic (exact) mass is 311 g/mol. The van der Waals surface area contributed by atoms with Gasteiger partial charge in [-0.25, -0.2) is 4.98 Å². The van der Waals surface area contributed by atoms with Crippen molar-refractivity contribution in [2.24, 2.45) is 0 Å². The Bertz CT molecular complexity index is 467. The number of nitrogens with zero attached hydrogens (tertiary/aromatic N) is 3. The number of aromatic nitrogens is 1. The quantitative estimate of drug-likeness (QED) is 0.907. The largest absolute Gasteiger partial charge is 0.391 e. The second-order valence-electron chi connectivity index (χ2n) is 6.98. The van der Waals surface area contributed by atoms with Gasteiger partial charge in [0, 0.05) is 25.0 Å². The van der Waals surface area contributed by atoms with Crippen LogP contribution in [0.2, 0.25) is 0 Å². The predicted octanol–water partition coefficient (Wildman–Crippen LogP) is 2.85. The fourth-order valence-electron chi connectivity index (χ4n) is 3.11. The van der Waals surface area contributed by atoms with Gasteiger partial charge in [0.25, 0.3) is 0 Å². The number of aliphatic hydroxyl groups is 1. The lowest BCUT2D eigenvalue weighted by Gasteiger charge is -2.27. The molecule has 4 nitrogen and oxygen atoms in total. The van der Waals surface area contributed by atoms with E-state index in [4.69, 9.17) is 4.98 Å². The molecule has 21 heavy (non-hydrogen) atoms. The van der Waals surface area contributed by atoms with E-state index < -0.39 is 0 Å². The van der Waals surface area contributed by atoms with Gasteiger partial charge in [-0.1, -0.05) is 39.0 Å². The molecule has 2 heterocycles. The van der Waals surface area contributed by atoms with Crippen molar-refractivity contribution < 1.29 is 5.11 Å². The van der Waals surface area contributed by atoms with Crippen LogP contribution in [0.3, 0.4) is 0 Å². The lowest BCUT2D eigenvalue weighted by molar-refractivity contribution is 0.270. The van der Waals surface area contributed by atoms with Crippen molar-refractivity contribution in [2.45, 2.75) is 58.6 Å². The van der Waals surface area contributed by atoms with Gasteiger partial charge in [-0.3, -0.25) is 4.90 Å². The molecule has 0 spiro atoms. The normalized spacial score (nSPS) is 20.2. The van der Waals surface area contributed by atoms with Crippen LogP contribution >= 0.6 is 11.3 Å². The van der Waals surface area contributed by atoms with Crippen LogP contribution in [0, 0.1) is 0 Å². The molecule has 1 saturated heterocycles. The van der Waals surface area contributed by atoms with E-state index in [1.807, 2.05) is 0 Å². The van der Waals surface area contributed by atoms with Crippen molar-refractivity contribution >= 4 is 16.5 Å². The Balaban J connectivity index is 2.12. The molecule has 1 aromatic rings. The number of anilines is 1. The second kappa shape index (κ2) is 6.63. The third-order valence-corrected chi connectivity index (χ3v) is 5.41. The van der Waals surface area contributed by atoms with E-state index in [1.54, 1.807) is 11.3 Å². The summed E-state index contributed by atoms with van der Waals surface area (Å²) < 4.78 is 0. The Morgan fingerprint density at radius 1 is 1.43 bits per heavy atom. The topological polar surface area (TPSA) is 39.6 Å². The standard InChI is InChI=1S/C16H29N3OS/c1-6-19-9-7-8-12(19)10-18(5)15-17-14(16(2,3)4)13(11-20)21-15/h12,20H,6-11H2,1-5H3. The van der Waals surface area contributed by atoms with E-state index in [0.717, 1.165) is 28.8 Å². The first-order valence-corrected chi connectivity index (χ1v) is 8.74. The number of rotatable bonds is 5. The first-order valence-electron chi connectivity index (χ1n) is 7.93. The zero-order chi connectivity index (χ0) is 15.6. The summed E-state index contributed by atoms with van der Waals surface area (Å²) in [5, 5.41) is 10.6. The minimum absolute atomic E-state index is 0.0174. The molecule has 5 heteroatoms. The lowest BCUT2D eigenvalue weighted by atomic mass is 9.91. The van der Waals surface area contributed by atoms with E-state index in [9.17, 15) is 5.11 Å². The fraction of sp³-hybridized carbons (Fsp3) is 0.812. The van der Waals surface area contributed by atoms with Gasteiger partial charge in [0.15, 0.2) is 5.13 Å². The first-order chi connectivity index (χ1) is 9.86. The summed E-state index contributed by atoms with van der Waals surface area (Å²) in [4.78, 5) is 10.6. The van der Waals surface area contributed by atoms with E-state index in [-0.39, 0.29) is 12.0 Å². The molecule has 1 aliphatic heterocycles. The number of hydrogen-bond donors (Lipinski definition) is 1. The van der Waals surface area contributed by atoms with Crippen LogP contribution in [0.25, 0.3) is 0 Å². The minimum Gasteiger partial charge on any atom is -0.391 e. The molecular formula is C16H29N3OS. The average molecular weight is 311 g/mol. The van der Waals surface area contributed by atoms with Crippen LogP contribution < -0.4 is 4.90 Å². The maximum absolute atomic E-state index is 9.58. The molecule has 1 N–H and O–H groups in total. The third kappa shape index (κ3) is 3.76. The van der Waals surface area contributed by atoms with Gasteiger partial charge >= 0.3 is 0 Å². The molecule has 1 fully saturated rings. The van der Waals surface area contributed by atoms with Gasteiger partial charge in [-0.15, -0.1) is 0 Å². The van der Waals surface area contributed by atoms with E-state index in [2.05, 4.69) is 44.5 Å². The van der Waals surface area contributed by atoms with Crippen LogP contribution in [0.1, 0.15) is 51.1 Å². The molecule has 1 aromatic heterocycles. The summed E-state index contributed by atoms with van der Waals surface area (Å²) in [6, 6.07) is 0.638. The van der Waals surface area contributed by atoms with Gasteiger partial charge < -0.3 is 10.0 Å². The Morgan fingerprint density at radius 3 is 2.67 bits per heavy atom. The maximum Gasteiger partial charge on any atom is 0.185 e. The van der Waals surface area contributed by atoms with Crippen LogP contribution in [-0.2, 0) is 12.0 Å². The molecule has 1 unspecified atom stereocenters. The molecule has 2 rings (SSSR count). The van der Waals surface area contributed by atoms with Crippen molar-refractivity contribution in [3.63, 3.8) is 0 Å². The molecule has 0 saturated carbocycles. The highest BCUT2D eigenvalue weighted by Crippen LogP contribution is 2.34. The highest BCUT2D eigenvalue weighted by Gasteiger charge is 2.27. The van der Waals surface area contributed by atoms with Crippen molar-refractivity contribution in [1.29, 1.82) is 0 Å². The van der Waals surface area contributed by atoms with E-state index in [1.165, 1.54) is 19.4 Å². The Kier molecular flexibility index (Phi) is 5.28. The smallest absolute Gasteiger partial charge is 0.185 e. The van der Waals surface area contributed by atoms with Crippen LogP contribution in [0.15, 0.2) is 0 Å². The van der Waals surface area contributed by atoms with Gasteiger partial charge in [0.05, 0.1) is 17.2 Å². The van der Waals surface area contributed by atoms with Crippen LogP contribution in [0.5, 0.6) is 0 Å². The summed E-state index contributed by atoms with van der Waals surface area (Å²) >= 11 is 1.63. The lowest BCUT2D eigenvalue weighted by Crippen LogP contribution is -2.38. The summed E-state index contributed by atoms with van der Waals surface area (Å²) in [7, 11) is 2.12. The molecule has 0 bridgehead atoms. The average Bonchev–Trinajstić information content (AvgIpc) is 3.03.